The van der Waals surface area contributed by atoms with Crippen molar-refractivity contribution in [3.05, 3.63) is 0 Å². The first-order valence-electron chi connectivity index (χ1n) is 25.8. The van der Waals surface area contributed by atoms with Gasteiger partial charge in [-0.15, -0.1) is 0 Å². The Balaban J connectivity index is 6.09. The van der Waals surface area contributed by atoms with Crippen LogP contribution in [0.25, 0.3) is 0 Å². The standard InChI is InChI=1S/C52H112N6/c1-43(2)24-18-34-53-42-49(13)31-32-51(55-36-20-26-45(5)6)58(39-23-29-48(11)12)41-40-57(38-22-28-47(9)10)50(54-35-19-25-44(3)4)30-16-17-33-52(14,15)56-37-21-27-46(7)8/h43-51,53-56H,16-42H2,1-15H3. The summed E-state index contributed by atoms with van der Waals surface area (Å²) in [5, 5.41) is 16.0. The number of rotatable bonds is 42. The van der Waals surface area contributed by atoms with E-state index in [0.717, 1.165) is 81.3 Å². The van der Waals surface area contributed by atoms with Gasteiger partial charge in [0.05, 0.1) is 12.3 Å². The molecule has 3 unspecified atom stereocenters. The van der Waals surface area contributed by atoms with E-state index in [9.17, 15) is 0 Å². The van der Waals surface area contributed by atoms with Crippen LogP contribution in [-0.4, -0.2) is 86.6 Å². The summed E-state index contributed by atoms with van der Waals surface area (Å²) in [5.41, 5.74) is 0.211. The second kappa shape index (κ2) is 36.3. The van der Waals surface area contributed by atoms with Crippen LogP contribution in [-0.2, 0) is 0 Å². The Labute approximate surface area is 367 Å². The van der Waals surface area contributed by atoms with E-state index in [1.807, 2.05) is 0 Å². The molecule has 0 spiro atoms. The summed E-state index contributed by atoms with van der Waals surface area (Å²) in [4.78, 5) is 5.81. The maximum absolute atomic E-state index is 4.17. The molecule has 0 radical (unpaired) electrons. The van der Waals surface area contributed by atoms with Gasteiger partial charge in [0.2, 0.25) is 0 Å². The lowest BCUT2D eigenvalue weighted by Gasteiger charge is -2.38. The SMILES string of the molecule is CC(C)CCCNCC(C)CCC(NCCCC(C)C)N(CCCC(C)C)CCN(CCCC(C)C)C(CCCCC(C)(C)NCCCC(C)C)NCCCC(C)C. The topological polar surface area (TPSA) is 54.6 Å². The third-order valence-electron chi connectivity index (χ3n) is 12.3. The molecule has 58 heavy (non-hydrogen) atoms. The van der Waals surface area contributed by atoms with Crippen molar-refractivity contribution in [1.29, 1.82) is 0 Å². The average molecular weight is 822 g/mol. The van der Waals surface area contributed by atoms with E-state index >= 15 is 0 Å². The first-order chi connectivity index (χ1) is 27.4. The van der Waals surface area contributed by atoms with Crippen molar-refractivity contribution < 1.29 is 0 Å². The summed E-state index contributed by atoms with van der Waals surface area (Å²) in [6.07, 6.45) is 24.1. The Kier molecular flexibility index (Phi) is 36.1. The maximum atomic E-state index is 4.17. The van der Waals surface area contributed by atoms with Crippen molar-refractivity contribution in [2.45, 2.75) is 237 Å². The molecule has 0 aromatic carbocycles. The summed E-state index contributed by atoms with van der Waals surface area (Å²) in [6.45, 7) is 46.2. The van der Waals surface area contributed by atoms with E-state index in [-0.39, 0.29) is 5.54 Å². The van der Waals surface area contributed by atoms with Crippen molar-refractivity contribution in [2.24, 2.45) is 41.4 Å². The van der Waals surface area contributed by atoms with E-state index in [4.69, 9.17) is 0 Å². The molecule has 0 aromatic heterocycles. The predicted molar refractivity (Wildman–Crippen MR) is 263 cm³/mol. The Morgan fingerprint density at radius 3 is 1.22 bits per heavy atom. The molecule has 0 heterocycles. The lowest BCUT2D eigenvalue weighted by atomic mass is 9.95. The molecule has 0 aliphatic carbocycles. The Morgan fingerprint density at radius 2 is 0.776 bits per heavy atom. The number of hydrogen-bond acceptors (Lipinski definition) is 6. The zero-order chi connectivity index (χ0) is 43.8. The van der Waals surface area contributed by atoms with Gasteiger partial charge in [0.15, 0.2) is 0 Å². The summed E-state index contributed by atoms with van der Waals surface area (Å²) in [7, 11) is 0. The van der Waals surface area contributed by atoms with Crippen molar-refractivity contribution in [3.63, 3.8) is 0 Å². The van der Waals surface area contributed by atoms with Crippen LogP contribution in [0.1, 0.15) is 219 Å². The third kappa shape index (κ3) is 36.4. The van der Waals surface area contributed by atoms with Gasteiger partial charge in [-0.05, 0) is 204 Å². The van der Waals surface area contributed by atoms with Crippen molar-refractivity contribution >= 4 is 0 Å². The number of nitrogens with one attached hydrogen (secondary N) is 4. The molecule has 0 aliphatic heterocycles. The minimum atomic E-state index is 0.211. The average Bonchev–Trinajstić information content (AvgIpc) is 3.12. The molecule has 6 heteroatoms. The van der Waals surface area contributed by atoms with Gasteiger partial charge in [-0.25, -0.2) is 0 Å². The van der Waals surface area contributed by atoms with Crippen LogP contribution in [0.3, 0.4) is 0 Å². The van der Waals surface area contributed by atoms with E-state index in [1.54, 1.807) is 0 Å². The fourth-order valence-electron chi connectivity index (χ4n) is 8.35. The van der Waals surface area contributed by atoms with Gasteiger partial charge < -0.3 is 21.3 Å². The van der Waals surface area contributed by atoms with Crippen molar-refractivity contribution in [3.8, 4) is 0 Å². The minimum absolute atomic E-state index is 0.211. The van der Waals surface area contributed by atoms with Crippen LogP contribution >= 0.6 is 0 Å². The normalized spacial score (nSPS) is 14.5. The molecule has 0 bridgehead atoms. The summed E-state index contributed by atoms with van der Waals surface area (Å²) >= 11 is 0. The largest absolute Gasteiger partial charge is 0.316 e. The summed E-state index contributed by atoms with van der Waals surface area (Å²) < 4.78 is 0. The van der Waals surface area contributed by atoms with Crippen LogP contribution in [0.15, 0.2) is 0 Å². The molecule has 0 rings (SSSR count). The molecular formula is C52H112N6. The fourth-order valence-corrected chi connectivity index (χ4v) is 8.35. The Hall–Kier alpha value is -0.240. The highest BCUT2D eigenvalue weighted by Crippen LogP contribution is 2.20. The lowest BCUT2D eigenvalue weighted by Crippen LogP contribution is -2.53. The maximum Gasteiger partial charge on any atom is 0.0597 e. The summed E-state index contributed by atoms with van der Waals surface area (Å²) in [5.74, 6) is 5.35. The first-order valence-corrected chi connectivity index (χ1v) is 25.8. The van der Waals surface area contributed by atoms with E-state index < -0.39 is 0 Å². The number of hydrogen-bond donors (Lipinski definition) is 4. The highest BCUT2D eigenvalue weighted by molar-refractivity contribution is 4.80. The Morgan fingerprint density at radius 1 is 0.379 bits per heavy atom. The fraction of sp³-hybridized carbons (Fsp3) is 1.00. The molecule has 4 N–H and O–H groups in total. The lowest BCUT2D eigenvalue weighted by molar-refractivity contribution is 0.0914. The third-order valence-corrected chi connectivity index (χ3v) is 12.3. The molecule has 0 saturated carbocycles. The number of nitrogens with zero attached hydrogens (tertiary/aromatic N) is 2. The second-order valence-corrected chi connectivity index (χ2v) is 22.2. The van der Waals surface area contributed by atoms with E-state index in [0.29, 0.717) is 18.2 Å². The smallest absolute Gasteiger partial charge is 0.0597 e. The number of unbranched alkanes of at least 4 members (excludes halogenated alkanes) is 1. The Bertz CT molecular complexity index is 870. The van der Waals surface area contributed by atoms with Crippen LogP contribution in [0.5, 0.6) is 0 Å². The molecule has 0 aromatic rings. The highest BCUT2D eigenvalue weighted by Gasteiger charge is 2.24. The predicted octanol–water partition coefficient (Wildman–Crippen LogP) is 13.0. The van der Waals surface area contributed by atoms with Gasteiger partial charge in [0, 0.05) is 18.6 Å². The molecule has 350 valence electrons. The molecule has 0 aliphatic rings. The molecule has 0 saturated heterocycles. The van der Waals surface area contributed by atoms with Crippen molar-refractivity contribution in [1.82, 2.24) is 31.1 Å². The minimum Gasteiger partial charge on any atom is -0.316 e. The summed E-state index contributed by atoms with van der Waals surface area (Å²) in [6, 6.07) is 0. The molecular weight excluding hydrogens is 709 g/mol. The molecule has 3 atom stereocenters. The zero-order valence-electron chi connectivity index (χ0n) is 42.7. The highest BCUT2D eigenvalue weighted by atomic mass is 15.3. The van der Waals surface area contributed by atoms with Gasteiger partial charge in [0.25, 0.3) is 0 Å². The molecule has 6 nitrogen and oxygen atoms in total. The van der Waals surface area contributed by atoms with Crippen LogP contribution < -0.4 is 21.3 Å². The monoisotopic (exact) mass is 821 g/mol. The van der Waals surface area contributed by atoms with Crippen molar-refractivity contribution in [2.75, 3.05) is 58.9 Å². The quantitative estimate of drug-likeness (QED) is 0.0364. The van der Waals surface area contributed by atoms with Gasteiger partial charge in [-0.3, -0.25) is 9.80 Å². The first kappa shape index (κ1) is 57.8. The van der Waals surface area contributed by atoms with Gasteiger partial charge in [-0.2, -0.15) is 0 Å². The zero-order valence-corrected chi connectivity index (χ0v) is 42.7. The van der Waals surface area contributed by atoms with E-state index in [2.05, 4.69) is 135 Å². The van der Waals surface area contributed by atoms with Crippen LogP contribution in [0, 0.1) is 41.4 Å². The second-order valence-electron chi connectivity index (χ2n) is 22.2. The van der Waals surface area contributed by atoms with E-state index in [1.165, 1.54) is 129 Å². The van der Waals surface area contributed by atoms with Gasteiger partial charge in [0.1, 0.15) is 0 Å². The van der Waals surface area contributed by atoms with Crippen LogP contribution in [0.2, 0.25) is 0 Å². The molecule has 0 fully saturated rings. The van der Waals surface area contributed by atoms with Crippen LogP contribution in [0.4, 0.5) is 0 Å². The van der Waals surface area contributed by atoms with Gasteiger partial charge in [-0.1, -0.05) is 103 Å². The molecule has 0 amide bonds. The van der Waals surface area contributed by atoms with Gasteiger partial charge >= 0.3 is 0 Å².